The number of nitrogens with zero attached hydrogens (tertiary/aromatic N) is 2. The van der Waals surface area contributed by atoms with Crippen molar-refractivity contribution in [3.63, 3.8) is 0 Å². The smallest absolute Gasteiger partial charge is 0.265 e. The largest absolute Gasteiger partial charge is 0.487 e. The van der Waals surface area contributed by atoms with E-state index < -0.39 is 11.6 Å². The zero-order valence-electron chi connectivity index (χ0n) is 12.3. The topological polar surface area (TPSA) is 51.7 Å². The Kier molecular flexibility index (Phi) is 4.10. The summed E-state index contributed by atoms with van der Waals surface area (Å²) in [7, 11) is 0. The molecule has 1 aromatic carbocycles. The van der Waals surface area contributed by atoms with Gasteiger partial charge in [-0.25, -0.2) is 8.78 Å². The molecule has 2 aromatic rings. The second kappa shape index (κ2) is 6.20. The first-order valence-corrected chi connectivity index (χ1v) is 7.03. The average molecular weight is 320 g/mol. The molecule has 3 rings (SSSR count). The van der Waals surface area contributed by atoms with E-state index in [1.165, 1.54) is 11.1 Å². The van der Waals surface area contributed by atoms with Crippen LogP contribution in [0.15, 0.2) is 36.7 Å². The highest BCUT2D eigenvalue weighted by molar-refractivity contribution is 5.96. The Hall–Kier alpha value is -2.70. The number of amides is 1. The summed E-state index contributed by atoms with van der Waals surface area (Å²) >= 11 is 0. The number of carbonyl (C=O) groups excluding carboxylic acids is 1. The Morgan fingerprint density at radius 2 is 2.22 bits per heavy atom. The van der Waals surface area contributed by atoms with Crippen molar-refractivity contribution in [3.8, 4) is 11.5 Å². The first-order valence-electron chi connectivity index (χ1n) is 7.03. The number of rotatable bonds is 3. The van der Waals surface area contributed by atoms with Crippen molar-refractivity contribution < 1.29 is 23.0 Å². The molecule has 0 aliphatic carbocycles. The molecule has 120 valence electrons. The molecular formula is C16H14F2N2O3. The standard InChI is InChI=1S/C16H14F2N2O3/c1-10-8-20(14-5-12(17)13(18)6-15(14)23-10)16(21)9-22-11-3-2-4-19-7-11/h2-7,10H,8-9H2,1H3. The number of halogens is 2. The van der Waals surface area contributed by atoms with Crippen molar-refractivity contribution in [3.05, 3.63) is 48.3 Å². The van der Waals surface area contributed by atoms with E-state index in [1.807, 2.05) is 0 Å². The normalized spacial score (nSPS) is 16.5. The fraction of sp³-hybridized carbons (Fsp3) is 0.250. The third-order valence-corrected chi connectivity index (χ3v) is 3.36. The number of hydrogen-bond acceptors (Lipinski definition) is 4. The van der Waals surface area contributed by atoms with Gasteiger partial charge in [-0.2, -0.15) is 0 Å². The molecule has 0 saturated carbocycles. The van der Waals surface area contributed by atoms with Gasteiger partial charge >= 0.3 is 0 Å². The molecule has 1 aromatic heterocycles. The van der Waals surface area contributed by atoms with Crippen molar-refractivity contribution in [1.29, 1.82) is 0 Å². The molecule has 2 heterocycles. The van der Waals surface area contributed by atoms with E-state index in [2.05, 4.69) is 4.98 Å². The molecule has 0 N–H and O–H groups in total. The van der Waals surface area contributed by atoms with Gasteiger partial charge in [-0.1, -0.05) is 0 Å². The molecule has 1 aliphatic rings. The molecule has 1 atom stereocenters. The van der Waals surface area contributed by atoms with Crippen LogP contribution in [-0.4, -0.2) is 30.1 Å². The summed E-state index contributed by atoms with van der Waals surface area (Å²) in [5.41, 5.74) is 0.196. The first-order chi connectivity index (χ1) is 11.0. The number of benzene rings is 1. The summed E-state index contributed by atoms with van der Waals surface area (Å²) < 4.78 is 37.6. The van der Waals surface area contributed by atoms with Gasteiger partial charge in [-0.05, 0) is 19.1 Å². The molecule has 0 spiro atoms. The molecule has 7 heteroatoms. The third kappa shape index (κ3) is 3.23. The highest BCUT2D eigenvalue weighted by atomic mass is 19.2. The van der Waals surface area contributed by atoms with Crippen LogP contribution in [0, 0.1) is 11.6 Å². The van der Waals surface area contributed by atoms with Gasteiger partial charge in [-0.3, -0.25) is 9.78 Å². The molecule has 5 nitrogen and oxygen atoms in total. The van der Waals surface area contributed by atoms with Gasteiger partial charge in [0, 0.05) is 18.3 Å². The summed E-state index contributed by atoms with van der Waals surface area (Å²) in [5.74, 6) is -1.84. The maximum Gasteiger partial charge on any atom is 0.265 e. The highest BCUT2D eigenvalue weighted by Gasteiger charge is 2.29. The van der Waals surface area contributed by atoms with Crippen LogP contribution in [0.25, 0.3) is 0 Å². The Balaban J connectivity index is 1.80. The first kappa shape index (κ1) is 15.2. The molecule has 1 amide bonds. The average Bonchev–Trinajstić information content (AvgIpc) is 2.54. The summed E-state index contributed by atoms with van der Waals surface area (Å²) in [6.07, 6.45) is 2.74. The van der Waals surface area contributed by atoms with Gasteiger partial charge in [0.05, 0.1) is 18.4 Å². The van der Waals surface area contributed by atoms with E-state index in [1.54, 1.807) is 25.3 Å². The van der Waals surface area contributed by atoms with Crippen molar-refractivity contribution in [2.24, 2.45) is 0 Å². The SMILES string of the molecule is CC1CN(C(=O)COc2cccnc2)c2cc(F)c(F)cc2O1. The molecule has 0 saturated heterocycles. The molecule has 0 bridgehead atoms. The molecule has 1 unspecified atom stereocenters. The number of anilines is 1. The van der Waals surface area contributed by atoms with E-state index in [-0.39, 0.29) is 36.6 Å². The van der Waals surface area contributed by atoms with E-state index in [0.717, 1.165) is 12.1 Å². The summed E-state index contributed by atoms with van der Waals surface area (Å²) in [4.78, 5) is 17.6. The van der Waals surface area contributed by atoms with Crippen LogP contribution in [0.5, 0.6) is 11.5 Å². The second-order valence-corrected chi connectivity index (χ2v) is 5.14. The molecule has 23 heavy (non-hydrogen) atoms. The number of aromatic nitrogens is 1. The lowest BCUT2D eigenvalue weighted by atomic mass is 10.2. The second-order valence-electron chi connectivity index (χ2n) is 5.14. The maximum atomic E-state index is 13.5. The lowest BCUT2D eigenvalue weighted by molar-refractivity contribution is -0.121. The minimum atomic E-state index is -1.03. The van der Waals surface area contributed by atoms with E-state index in [4.69, 9.17) is 9.47 Å². The van der Waals surface area contributed by atoms with Crippen molar-refractivity contribution in [1.82, 2.24) is 4.98 Å². The quantitative estimate of drug-likeness (QED) is 0.872. The minimum Gasteiger partial charge on any atom is -0.487 e. The van der Waals surface area contributed by atoms with Gasteiger partial charge in [0.15, 0.2) is 18.2 Å². The molecule has 1 aliphatic heterocycles. The molecule has 0 radical (unpaired) electrons. The maximum absolute atomic E-state index is 13.5. The Labute approximate surface area is 131 Å². The molecular weight excluding hydrogens is 306 g/mol. The van der Waals surface area contributed by atoms with Gasteiger partial charge in [0.1, 0.15) is 17.6 Å². The highest BCUT2D eigenvalue weighted by Crippen LogP contribution is 2.35. The zero-order valence-corrected chi connectivity index (χ0v) is 12.3. The molecule has 0 fully saturated rings. The summed E-state index contributed by atoms with van der Waals surface area (Å²) in [5, 5.41) is 0. The van der Waals surface area contributed by atoms with Crippen molar-refractivity contribution in [2.75, 3.05) is 18.1 Å². The summed E-state index contributed by atoms with van der Waals surface area (Å²) in [6.45, 7) is 1.73. The van der Waals surface area contributed by atoms with Crippen molar-refractivity contribution >= 4 is 11.6 Å². The van der Waals surface area contributed by atoms with Crippen LogP contribution < -0.4 is 14.4 Å². The number of hydrogen-bond donors (Lipinski definition) is 0. The number of ether oxygens (including phenoxy) is 2. The van der Waals surface area contributed by atoms with Gasteiger partial charge in [0.25, 0.3) is 5.91 Å². The van der Waals surface area contributed by atoms with E-state index >= 15 is 0 Å². The minimum absolute atomic E-state index is 0.136. The Morgan fingerprint density at radius 1 is 1.43 bits per heavy atom. The van der Waals surface area contributed by atoms with Gasteiger partial charge in [0.2, 0.25) is 0 Å². The van der Waals surface area contributed by atoms with E-state index in [0.29, 0.717) is 5.75 Å². The van der Waals surface area contributed by atoms with Crippen LogP contribution in [0.3, 0.4) is 0 Å². The summed E-state index contributed by atoms with van der Waals surface area (Å²) in [6, 6.07) is 5.26. The third-order valence-electron chi connectivity index (χ3n) is 3.36. The van der Waals surface area contributed by atoms with Crippen LogP contribution in [0.2, 0.25) is 0 Å². The predicted octanol–water partition coefficient (Wildman–Crippen LogP) is 2.55. The predicted molar refractivity (Wildman–Crippen MR) is 78.5 cm³/mol. The van der Waals surface area contributed by atoms with Crippen molar-refractivity contribution in [2.45, 2.75) is 13.0 Å². The lowest BCUT2D eigenvalue weighted by Crippen LogP contribution is -2.44. The van der Waals surface area contributed by atoms with Crippen LogP contribution in [0.1, 0.15) is 6.92 Å². The fourth-order valence-electron chi connectivity index (χ4n) is 2.32. The monoisotopic (exact) mass is 320 g/mol. The Morgan fingerprint density at radius 3 is 2.96 bits per heavy atom. The number of pyridine rings is 1. The zero-order chi connectivity index (χ0) is 16.4. The lowest BCUT2D eigenvalue weighted by Gasteiger charge is -2.33. The van der Waals surface area contributed by atoms with Crippen LogP contribution in [-0.2, 0) is 4.79 Å². The Bertz CT molecular complexity index is 725. The van der Waals surface area contributed by atoms with Gasteiger partial charge < -0.3 is 14.4 Å². The fourth-order valence-corrected chi connectivity index (χ4v) is 2.32. The van der Waals surface area contributed by atoms with Gasteiger partial charge in [-0.15, -0.1) is 0 Å². The van der Waals surface area contributed by atoms with Crippen LogP contribution >= 0.6 is 0 Å². The number of fused-ring (bicyclic) bond motifs is 1. The number of carbonyl (C=O) groups is 1. The van der Waals surface area contributed by atoms with Crippen LogP contribution in [0.4, 0.5) is 14.5 Å². The van der Waals surface area contributed by atoms with E-state index in [9.17, 15) is 13.6 Å².